The van der Waals surface area contributed by atoms with Gasteiger partial charge < -0.3 is 24.2 Å². The van der Waals surface area contributed by atoms with E-state index in [0.29, 0.717) is 39.3 Å². The highest BCUT2D eigenvalue weighted by atomic mass is 31.2. The zero-order chi connectivity index (χ0) is 40.7. The van der Waals surface area contributed by atoms with E-state index < -0.39 is 30.9 Å². The van der Waals surface area contributed by atoms with E-state index in [2.05, 4.69) is 16.4 Å². The molecule has 2 N–H and O–H groups in total. The summed E-state index contributed by atoms with van der Waals surface area (Å²) in [6.07, 6.45) is 4.14. The van der Waals surface area contributed by atoms with E-state index in [1.165, 1.54) is 6.07 Å². The molecule has 4 aromatic carbocycles. The van der Waals surface area contributed by atoms with Gasteiger partial charge in [-0.1, -0.05) is 42.5 Å². The minimum atomic E-state index is -4.45. The first-order valence-electron chi connectivity index (χ1n) is 19.0. The van der Waals surface area contributed by atoms with Gasteiger partial charge in [-0.2, -0.15) is 13.2 Å². The number of hydrogen-bond acceptors (Lipinski definition) is 5. The Hall–Kier alpha value is -5.81. The van der Waals surface area contributed by atoms with Crippen molar-refractivity contribution >= 4 is 19.3 Å². The molecule has 0 fully saturated rings. The van der Waals surface area contributed by atoms with Crippen LogP contribution in [0.25, 0.3) is 11.1 Å². The quantitative estimate of drug-likeness (QED) is 0.0731. The average Bonchev–Trinajstić information content (AvgIpc) is 3.51. The Bertz CT molecular complexity index is 2540. The van der Waals surface area contributed by atoms with Crippen molar-refractivity contribution in [3.8, 4) is 22.6 Å². The summed E-state index contributed by atoms with van der Waals surface area (Å²) in [7, 11) is -4.06. The molecule has 1 spiro atoms. The molecule has 0 amide bonds. The van der Waals surface area contributed by atoms with Crippen LogP contribution in [0.15, 0.2) is 134 Å². The predicted octanol–water partition coefficient (Wildman–Crippen LogP) is 8.20. The molecule has 0 saturated heterocycles. The summed E-state index contributed by atoms with van der Waals surface area (Å²) in [5.74, 6) is 0.589. The van der Waals surface area contributed by atoms with Gasteiger partial charge in [0.05, 0.1) is 11.1 Å². The smallest absolute Gasteiger partial charge is 0.416 e. The van der Waals surface area contributed by atoms with Crippen molar-refractivity contribution in [2.45, 2.75) is 44.6 Å². The summed E-state index contributed by atoms with van der Waals surface area (Å²) in [6, 6.07) is 32.0. The summed E-state index contributed by atoms with van der Waals surface area (Å²) in [5.41, 5.74) is 4.62. The van der Waals surface area contributed by atoms with Crippen molar-refractivity contribution in [1.29, 1.82) is 0 Å². The van der Waals surface area contributed by atoms with Crippen LogP contribution in [-0.2, 0) is 40.6 Å². The Labute approximate surface area is 333 Å². The van der Waals surface area contributed by atoms with Crippen molar-refractivity contribution in [3.63, 3.8) is 0 Å². The largest absolute Gasteiger partial charge is 0.456 e. The van der Waals surface area contributed by atoms with Crippen LogP contribution in [0.1, 0.15) is 57.1 Å². The standard InChI is InChI=1S/C45H39F3N3O6P/c1-2-51(20-6-19-49-21-15-33(16-22-49)34-17-23-50(24-18-34)25-26-58(53,54)55)36-12-13-39-42(30-36)56-41-14-11-32(27-31-7-5-8-35(28-31)45(46,47)48)29-40(41)44(39)38-10-4-3-9-37(38)43(52)57-44/h3-5,7-18,21-24,28-30H,2,6,19-20,25-27H2,1H3/p+2. The van der Waals surface area contributed by atoms with Gasteiger partial charge in [0, 0.05) is 72.2 Å². The zero-order valence-corrected chi connectivity index (χ0v) is 32.5. The molecule has 13 heteroatoms. The highest BCUT2D eigenvalue weighted by molar-refractivity contribution is 7.51. The van der Waals surface area contributed by atoms with E-state index in [1.54, 1.807) is 28.8 Å². The Morgan fingerprint density at radius 1 is 0.741 bits per heavy atom. The first-order valence-corrected chi connectivity index (χ1v) is 20.8. The third kappa shape index (κ3) is 7.87. The highest BCUT2D eigenvalue weighted by Gasteiger charge is 2.53. The van der Waals surface area contributed by atoms with Crippen molar-refractivity contribution in [2.75, 3.05) is 24.2 Å². The Morgan fingerprint density at radius 3 is 2.12 bits per heavy atom. The van der Waals surface area contributed by atoms with Gasteiger partial charge in [-0.25, -0.2) is 13.9 Å². The molecule has 4 heterocycles. The van der Waals surface area contributed by atoms with Gasteiger partial charge in [-0.15, -0.1) is 0 Å². The van der Waals surface area contributed by atoms with Crippen LogP contribution in [-0.4, -0.2) is 35.0 Å². The van der Waals surface area contributed by atoms with E-state index >= 15 is 0 Å². The summed E-state index contributed by atoms with van der Waals surface area (Å²) in [4.78, 5) is 34.1. The molecule has 296 valence electrons. The number of nitrogens with zero attached hydrogens (tertiary/aromatic N) is 3. The maximum absolute atomic E-state index is 13.5. The molecule has 6 aromatic rings. The van der Waals surface area contributed by atoms with Crippen molar-refractivity contribution in [1.82, 2.24) is 0 Å². The number of esters is 1. The molecule has 1 atom stereocenters. The fraction of sp³-hybridized carbons (Fsp3) is 0.222. The minimum Gasteiger partial charge on any atom is -0.456 e. The summed E-state index contributed by atoms with van der Waals surface area (Å²) >= 11 is 0. The molecule has 9 nitrogen and oxygen atoms in total. The normalized spacial score (nSPS) is 15.7. The number of benzene rings is 4. The molecule has 58 heavy (non-hydrogen) atoms. The third-order valence-electron chi connectivity index (χ3n) is 10.8. The number of hydrogen-bond donors (Lipinski definition) is 2. The van der Waals surface area contributed by atoms with Crippen LogP contribution in [0.4, 0.5) is 18.9 Å². The van der Waals surface area contributed by atoms with Crippen LogP contribution in [0.5, 0.6) is 11.5 Å². The second-order valence-electron chi connectivity index (χ2n) is 14.6. The molecule has 0 bridgehead atoms. The summed E-state index contributed by atoms with van der Waals surface area (Å²) in [5, 5.41) is 0. The van der Waals surface area contributed by atoms with Gasteiger partial charge >= 0.3 is 19.7 Å². The number of carbonyl (C=O) groups is 1. The molecule has 1 unspecified atom stereocenters. The van der Waals surface area contributed by atoms with Gasteiger partial charge in [0.2, 0.25) is 0 Å². The van der Waals surface area contributed by atoms with E-state index in [9.17, 15) is 22.5 Å². The average molecular weight is 808 g/mol. The Kier molecular flexibility index (Phi) is 10.4. The minimum absolute atomic E-state index is 0.209. The zero-order valence-electron chi connectivity index (χ0n) is 31.6. The number of carbonyl (C=O) groups excluding carboxylic acids is 1. The van der Waals surface area contributed by atoms with E-state index in [-0.39, 0.29) is 19.1 Å². The number of aryl methyl sites for hydroxylation is 2. The SMILES string of the molecule is CCN(CCC[n+]1ccc(-c2cc[n+](CCP(=O)(O)O)cc2)cc1)c1ccc2c(c1)Oc1ccc(Cc3cccc(C(F)(F)F)c3)cc1C21OC(=O)c2ccccc21. The molecule has 8 rings (SSSR count). The Balaban J connectivity index is 1.01. The summed E-state index contributed by atoms with van der Waals surface area (Å²) in [6.45, 7) is 4.61. The molecule has 0 radical (unpaired) electrons. The van der Waals surface area contributed by atoms with Crippen LogP contribution in [0, 0.1) is 0 Å². The first-order chi connectivity index (χ1) is 27.8. The molecular formula is C45H41F3N3O6P+2. The second-order valence-corrected chi connectivity index (χ2v) is 16.4. The molecular weight excluding hydrogens is 766 g/mol. The number of aromatic nitrogens is 2. The number of anilines is 1. The van der Waals surface area contributed by atoms with E-state index in [1.807, 2.05) is 91.5 Å². The van der Waals surface area contributed by atoms with Crippen LogP contribution in [0.2, 0.25) is 0 Å². The van der Waals surface area contributed by atoms with Crippen LogP contribution in [0.3, 0.4) is 0 Å². The Morgan fingerprint density at radius 2 is 1.43 bits per heavy atom. The van der Waals surface area contributed by atoms with Gasteiger partial charge in [0.1, 0.15) is 24.2 Å². The van der Waals surface area contributed by atoms with Crippen molar-refractivity contribution < 1.29 is 50.9 Å². The highest BCUT2D eigenvalue weighted by Crippen LogP contribution is 2.56. The van der Waals surface area contributed by atoms with E-state index in [4.69, 9.17) is 19.3 Å². The lowest BCUT2D eigenvalue weighted by molar-refractivity contribution is -0.697. The van der Waals surface area contributed by atoms with Crippen molar-refractivity contribution in [2.24, 2.45) is 0 Å². The number of fused-ring (bicyclic) bond motifs is 6. The lowest BCUT2D eigenvalue weighted by atomic mass is 9.77. The molecule has 2 aliphatic rings. The maximum Gasteiger partial charge on any atom is 0.416 e. The number of alkyl halides is 3. The monoisotopic (exact) mass is 807 g/mol. The number of ether oxygens (including phenoxy) is 2. The molecule has 0 aliphatic carbocycles. The van der Waals surface area contributed by atoms with Gasteiger partial charge in [0.15, 0.2) is 36.9 Å². The third-order valence-corrected chi connectivity index (χ3v) is 11.6. The fourth-order valence-corrected chi connectivity index (χ4v) is 8.36. The van der Waals surface area contributed by atoms with Gasteiger partial charge in [-0.05, 0) is 72.0 Å². The second kappa shape index (κ2) is 15.5. The van der Waals surface area contributed by atoms with E-state index in [0.717, 1.165) is 60.6 Å². The number of halogens is 3. The molecule has 0 saturated carbocycles. The van der Waals surface area contributed by atoms with Gasteiger partial charge in [-0.3, -0.25) is 4.57 Å². The first kappa shape index (κ1) is 39.0. The molecule has 2 aromatic heterocycles. The maximum atomic E-state index is 13.5. The topological polar surface area (TPSA) is 104 Å². The van der Waals surface area contributed by atoms with Crippen LogP contribution >= 0.6 is 7.60 Å². The number of rotatable bonds is 12. The predicted molar refractivity (Wildman–Crippen MR) is 211 cm³/mol. The number of pyridine rings is 2. The lowest BCUT2D eigenvalue weighted by Crippen LogP contribution is -2.36. The van der Waals surface area contributed by atoms with Gasteiger partial charge in [0.25, 0.3) is 0 Å². The molecule has 2 aliphatic heterocycles. The van der Waals surface area contributed by atoms with Crippen LogP contribution < -0.4 is 18.8 Å². The lowest BCUT2D eigenvalue weighted by Gasteiger charge is -2.37. The fourth-order valence-electron chi connectivity index (χ4n) is 7.87. The summed E-state index contributed by atoms with van der Waals surface area (Å²) < 4.78 is 68.6. The van der Waals surface area contributed by atoms with Crippen molar-refractivity contribution in [3.05, 3.63) is 173 Å².